The molecule has 0 aliphatic heterocycles. The average molecular weight is 345 g/mol. The van der Waals surface area contributed by atoms with Crippen LogP contribution in [0.5, 0.6) is 5.75 Å². The first kappa shape index (κ1) is 19.1. The Morgan fingerprint density at radius 3 is 2.48 bits per heavy atom. The second-order valence-electron chi connectivity index (χ2n) is 5.95. The Bertz CT molecular complexity index is 676. The number of aliphatic carboxylic acids is 1. The first-order valence-corrected chi connectivity index (χ1v) is 8.76. The van der Waals surface area contributed by atoms with Crippen molar-refractivity contribution < 1.29 is 19.4 Å². The average Bonchev–Trinajstić information content (AvgIpc) is 2.96. The predicted molar refractivity (Wildman–Crippen MR) is 97.2 cm³/mol. The predicted octanol–water partition coefficient (Wildman–Crippen LogP) is 3.47. The zero-order chi connectivity index (χ0) is 18.2. The van der Waals surface area contributed by atoms with Crippen LogP contribution in [0, 0.1) is 6.92 Å². The lowest BCUT2D eigenvalue weighted by Crippen LogP contribution is -2.26. The largest absolute Gasteiger partial charge is 0.492 e. The van der Waals surface area contributed by atoms with Gasteiger partial charge in [0.25, 0.3) is 0 Å². The molecule has 1 aromatic heterocycles. The third kappa shape index (κ3) is 5.36. The smallest absolute Gasteiger partial charge is 0.333 e. The molecule has 0 saturated carbocycles. The molecule has 2 aromatic rings. The summed E-state index contributed by atoms with van der Waals surface area (Å²) in [5.74, 6) is -0.147. The van der Waals surface area contributed by atoms with Crippen molar-refractivity contribution >= 4 is 5.97 Å². The van der Waals surface area contributed by atoms with Crippen LogP contribution in [0.15, 0.2) is 36.4 Å². The first-order valence-electron chi connectivity index (χ1n) is 8.76. The van der Waals surface area contributed by atoms with Gasteiger partial charge in [-0.3, -0.25) is 0 Å². The van der Waals surface area contributed by atoms with Crippen molar-refractivity contribution in [3.63, 3.8) is 0 Å². The van der Waals surface area contributed by atoms with E-state index >= 15 is 0 Å². The number of aromatic nitrogens is 1. The maximum atomic E-state index is 11.1. The van der Waals surface area contributed by atoms with Gasteiger partial charge < -0.3 is 19.1 Å². The number of nitrogens with zero attached hydrogens (tertiary/aromatic N) is 1. The fourth-order valence-electron chi connectivity index (χ4n) is 2.86. The Kier molecular flexibility index (Phi) is 7.07. The number of carboxylic acid groups (broad SMARTS) is 1. The highest BCUT2D eigenvalue weighted by Crippen LogP contribution is 2.15. The molecule has 0 spiro atoms. The van der Waals surface area contributed by atoms with Gasteiger partial charge in [0.1, 0.15) is 12.4 Å². The normalized spacial score (nSPS) is 12.1. The summed E-state index contributed by atoms with van der Waals surface area (Å²) in [7, 11) is 0. The molecule has 1 N–H and O–H groups in total. The summed E-state index contributed by atoms with van der Waals surface area (Å²) in [4.78, 5) is 11.1. The minimum atomic E-state index is -0.934. The SMILES string of the molecule is CCOC(Cc1ccc(OCCn2c(C)ccc2CC)cc1)C(=O)O. The molecule has 1 atom stereocenters. The summed E-state index contributed by atoms with van der Waals surface area (Å²) in [6, 6.07) is 11.8. The molecule has 0 saturated heterocycles. The standard InChI is InChI=1S/C20H27NO4/c1-4-17-9-6-15(3)21(17)12-13-25-18-10-7-16(8-11-18)14-19(20(22)23)24-5-2/h6-11,19H,4-5,12-14H2,1-3H3,(H,22,23). The number of carbonyl (C=O) groups is 1. The number of hydrogen-bond donors (Lipinski definition) is 1. The van der Waals surface area contributed by atoms with Crippen molar-refractivity contribution in [2.45, 2.75) is 46.3 Å². The molecule has 136 valence electrons. The van der Waals surface area contributed by atoms with Crippen molar-refractivity contribution in [3.8, 4) is 5.75 Å². The highest BCUT2D eigenvalue weighted by molar-refractivity contribution is 5.72. The number of carboxylic acids is 1. The molecule has 0 fully saturated rings. The lowest BCUT2D eigenvalue weighted by molar-refractivity contribution is -0.149. The highest BCUT2D eigenvalue weighted by Gasteiger charge is 2.17. The third-order valence-electron chi connectivity index (χ3n) is 4.22. The molecule has 1 aromatic carbocycles. The first-order chi connectivity index (χ1) is 12.0. The van der Waals surface area contributed by atoms with Crippen molar-refractivity contribution in [3.05, 3.63) is 53.3 Å². The van der Waals surface area contributed by atoms with E-state index in [-0.39, 0.29) is 0 Å². The van der Waals surface area contributed by atoms with Gasteiger partial charge in [-0.05, 0) is 50.1 Å². The maximum absolute atomic E-state index is 11.1. The zero-order valence-corrected chi connectivity index (χ0v) is 15.2. The van der Waals surface area contributed by atoms with Crippen molar-refractivity contribution in [1.29, 1.82) is 0 Å². The zero-order valence-electron chi connectivity index (χ0n) is 15.2. The van der Waals surface area contributed by atoms with Crippen LogP contribution in [0.4, 0.5) is 0 Å². The number of benzene rings is 1. The molecule has 1 heterocycles. The van der Waals surface area contributed by atoms with E-state index in [1.165, 1.54) is 11.4 Å². The van der Waals surface area contributed by atoms with Crippen LogP contribution in [-0.2, 0) is 28.9 Å². The fraction of sp³-hybridized carbons (Fsp3) is 0.450. The second-order valence-corrected chi connectivity index (χ2v) is 5.95. The number of hydrogen-bond acceptors (Lipinski definition) is 3. The van der Waals surface area contributed by atoms with E-state index in [0.717, 1.165) is 24.3 Å². The van der Waals surface area contributed by atoms with Crippen LogP contribution >= 0.6 is 0 Å². The monoisotopic (exact) mass is 345 g/mol. The van der Waals surface area contributed by atoms with E-state index in [4.69, 9.17) is 14.6 Å². The Hall–Kier alpha value is -2.27. The number of ether oxygens (including phenoxy) is 2. The molecular weight excluding hydrogens is 318 g/mol. The molecule has 2 rings (SSSR count). The third-order valence-corrected chi connectivity index (χ3v) is 4.22. The summed E-state index contributed by atoms with van der Waals surface area (Å²) >= 11 is 0. The van der Waals surface area contributed by atoms with Gasteiger partial charge in [-0.2, -0.15) is 0 Å². The molecule has 25 heavy (non-hydrogen) atoms. The summed E-state index contributed by atoms with van der Waals surface area (Å²) in [6.07, 6.45) is 0.555. The summed E-state index contributed by atoms with van der Waals surface area (Å²) < 4.78 is 13.3. The topological polar surface area (TPSA) is 60.7 Å². The molecule has 1 unspecified atom stereocenters. The van der Waals surface area contributed by atoms with Crippen molar-refractivity contribution in [1.82, 2.24) is 4.57 Å². The quantitative estimate of drug-likeness (QED) is 0.716. The molecule has 5 nitrogen and oxygen atoms in total. The Morgan fingerprint density at radius 2 is 1.88 bits per heavy atom. The Labute approximate surface area is 149 Å². The van der Waals surface area contributed by atoms with E-state index in [1.54, 1.807) is 6.92 Å². The number of rotatable bonds is 10. The van der Waals surface area contributed by atoms with Gasteiger partial charge in [0, 0.05) is 24.4 Å². The summed E-state index contributed by atoms with van der Waals surface area (Å²) in [5, 5.41) is 9.14. The lowest BCUT2D eigenvalue weighted by Gasteiger charge is -2.14. The molecule has 0 bridgehead atoms. The Morgan fingerprint density at radius 1 is 1.16 bits per heavy atom. The minimum Gasteiger partial charge on any atom is -0.492 e. The van der Waals surface area contributed by atoms with Gasteiger partial charge in [0.2, 0.25) is 0 Å². The van der Waals surface area contributed by atoms with E-state index in [9.17, 15) is 4.79 Å². The van der Waals surface area contributed by atoms with Crippen LogP contribution < -0.4 is 4.74 Å². The Balaban J connectivity index is 1.88. The van der Waals surface area contributed by atoms with Gasteiger partial charge in [-0.15, -0.1) is 0 Å². The van der Waals surface area contributed by atoms with Crippen LogP contribution in [0.25, 0.3) is 0 Å². The van der Waals surface area contributed by atoms with Gasteiger partial charge in [-0.25, -0.2) is 4.79 Å². The highest BCUT2D eigenvalue weighted by atomic mass is 16.5. The van der Waals surface area contributed by atoms with Crippen molar-refractivity contribution in [2.75, 3.05) is 13.2 Å². The van der Waals surface area contributed by atoms with E-state index < -0.39 is 12.1 Å². The lowest BCUT2D eigenvalue weighted by atomic mass is 10.1. The molecule has 0 amide bonds. The summed E-state index contributed by atoms with van der Waals surface area (Å²) in [6.45, 7) is 7.84. The molecule has 0 aliphatic rings. The van der Waals surface area contributed by atoms with Crippen LogP contribution in [0.1, 0.15) is 30.8 Å². The number of aryl methyl sites for hydroxylation is 2. The molecule has 0 aliphatic carbocycles. The van der Waals surface area contributed by atoms with Gasteiger partial charge in [0.05, 0.1) is 6.54 Å². The molecular formula is C20H27NO4. The van der Waals surface area contributed by atoms with Crippen molar-refractivity contribution in [2.24, 2.45) is 0 Å². The van der Waals surface area contributed by atoms with Gasteiger partial charge in [-0.1, -0.05) is 19.1 Å². The maximum Gasteiger partial charge on any atom is 0.333 e. The molecule has 5 heteroatoms. The van der Waals surface area contributed by atoms with Gasteiger partial charge in [0.15, 0.2) is 6.10 Å². The second kappa shape index (κ2) is 9.28. The van der Waals surface area contributed by atoms with E-state index in [1.807, 2.05) is 24.3 Å². The van der Waals surface area contributed by atoms with E-state index in [0.29, 0.717) is 19.6 Å². The van der Waals surface area contributed by atoms with Gasteiger partial charge >= 0.3 is 5.97 Å². The van der Waals surface area contributed by atoms with Crippen LogP contribution in [0.3, 0.4) is 0 Å². The minimum absolute atomic E-state index is 0.353. The summed E-state index contributed by atoms with van der Waals surface area (Å²) in [5.41, 5.74) is 3.47. The fourth-order valence-corrected chi connectivity index (χ4v) is 2.86. The molecule has 0 radical (unpaired) electrons. The van der Waals surface area contributed by atoms with Crippen LogP contribution in [0.2, 0.25) is 0 Å². The van der Waals surface area contributed by atoms with E-state index in [2.05, 4.69) is 30.5 Å². The van der Waals surface area contributed by atoms with Crippen LogP contribution in [-0.4, -0.2) is 35.0 Å².